The number of carbonyl (C=O) groups is 1. The van der Waals surface area contributed by atoms with Crippen LogP contribution in [0.5, 0.6) is 0 Å². The van der Waals surface area contributed by atoms with Crippen molar-refractivity contribution in [1.82, 2.24) is 0 Å². The third-order valence-electron chi connectivity index (χ3n) is 2.33. The molecule has 0 aliphatic carbocycles. The van der Waals surface area contributed by atoms with Gasteiger partial charge in [0.2, 0.25) is 5.24 Å². The first-order chi connectivity index (χ1) is 7.13. The summed E-state index contributed by atoms with van der Waals surface area (Å²) in [4.78, 5) is 11.2. The van der Waals surface area contributed by atoms with Gasteiger partial charge >= 0.3 is 0 Å². The summed E-state index contributed by atoms with van der Waals surface area (Å²) >= 11 is 8.97. The molecule has 0 N–H and O–H groups in total. The first-order valence-corrected chi connectivity index (χ1v) is 6.24. The van der Waals surface area contributed by atoms with Crippen molar-refractivity contribution >= 4 is 32.8 Å². The molecular formula is C12H14BrClO. The Balaban J connectivity index is 2.69. The molecule has 0 spiro atoms. The van der Waals surface area contributed by atoms with Gasteiger partial charge in [0.05, 0.1) is 0 Å². The van der Waals surface area contributed by atoms with Crippen molar-refractivity contribution in [1.29, 1.82) is 0 Å². The number of carbonyl (C=O) groups excluding carboxylic acids is 1. The van der Waals surface area contributed by atoms with Crippen LogP contribution < -0.4 is 0 Å². The molecular weight excluding hydrogens is 275 g/mol. The van der Waals surface area contributed by atoms with Gasteiger partial charge < -0.3 is 0 Å². The monoisotopic (exact) mass is 288 g/mol. The van der Waals surface area contributed by atoms with E-state index < -0.39 is 0 Å². The molecule has 0 aromatic heterocycles. The van der Waals surface area contributed by atoms with Crippen LogP contribution in [-0.2, 0) is 11.2 Å². The predicted octanol–water partition coefficient (Wildman–Crippen LogP) is 4.17. The van der Waals surface area contributed by atoms with Gasteiger partial charge in [0, 0.05) is 10.4 Å². The van der Waals surface area contributed by atoms with E-state index in [0.717, 1.165) is 29.3 Å². The molecule has 1 aromatic rings. The summed E-state index contributed by atoms with van der Waals surface area (Å²) < 4.78 is 1.04. The van der Waals surface area contributed by atoms with Gasteiger partial charge in [0.25, 0.3) is 0 Å². The van der Waals surface area contributed by atoms with Crippen molar-refractivity contribution < 1.29 is 4.79 Å². The van der Waals surface area contributed by atoms with E-state index in [9.17, 15) is 4.79 Å². The lowest BCUT2D eigenvalue weighted by Crippen LogP contribution is -2.11. The van der Waals surface area contributed by atoms with Crippen LogP contribution in [0.15, 0.2) is 28.7 Å². The Labute approximate surface area is 104 Å². The third kappa shape index (κ3) is 4.35. The summed E-state index contributed by atoms with van der Waals surface area (Å²) in [5.74, 6) is -0.0500. The number of rotatable bonds is 5. The maximum atomic E-state index is 11.2. The molecule has 0 fully saturated rings. The summed E-state index contributed by atoms with van der Waals surface area (Å²) in [6.07, 6.45) is 2.57. The van der Waals surface area contributed by atoms with Crippen LogP contribution in [0.4, 0.5) is 0 Å². The van der Waals surface area contributed by atoms with Gasteiger partial charge in [0.15, 0.2) is 0 Å². The van der Waals surface area contributed by atoms with E-state index >= 15 is 0 Å². The summed E-state index contributed by atoms with van der Waals surface area (Å²) in [6, 6.07) is 8.00. The van der Waals surface area contributed by atoms with Gasteiger partial charge in [-0.05, 0) is 42.1 Å². The normalized spacial score (nSPS) is 12.5. The van der Waals surface area contributed by atoms with E-state index in [1.54, 1.807) is 0 Å². The lowest BCUT2D eigenvalue weighted by Gasteiger charge is -2.11. The smallest absolute Gasteiger partial charge is 0.225 e. The highest BCUT2D eigenvalue weighted by Crippen LogP contribution is 2.19. The predicted molar refractivity (Wildman–Crippen MR) is 67.1 cm³/mol. The second kappa shape index (κ2) is 6.29. The Kier molecular flexibility index (Phi) is 5.34. The molecule has 0 amide bonds. The average Bonchev–Trinajstić information content (AvgIpc) is 2.17. The molecule has 15 heavy (non-hydrogen) atoms. The van der Waals surface area contributed by atoms with Crippen molar-refractivity contribution in [3.63, 3.8) is 0 Å². The van der Waals surface area contributed by atoms with Crippen LogP contribution in [0.1, 0.15) is 25.3 Å². The lowest BCUT2D eigenvalue weighted by molar-refractivity contribution is -0.115. The minimum Gasteiger partial charge on any atom is -0.281 e. The molecule has 82 valence electrons. The molecule has 3 heteroatoms. The van der Waals surface area contributed by atoms with Gasteiger partial charge in [-0.3, -0.25) is 4.79 Å². The zero-order valence-corrected chi connectivity index (χ0v) is 11.0. The Bertz CT molecular complexity index is 338. The first kappa shape index (κ1) is 12.7. The fourth-order valence-electron chi connectivity index (χ4n) is 1.59. The van der Waals surface area contributed by atoms with Gasteiger partial charge in [0.1, 0.15) is 0 Å². The largest absolute Gasteiger partial charge is 0.281 e. The van der Waals surface area contributed by atoms with E-state index in [2.05, 4.69) is 22.9 Å². The number of benzene rings is 1. The summed E-state index contributed by atoms with van der Waals surface area (Å²) in [6.45, 7) is 2.06. The molecule has 1 atom stereocenters. The Morgan fingerprint density at radius 3 is 2.80 bits per heavy atom. The Hall–Kier alpha value is -0.340. The van der Waals surface area contributed by atoms with Gasteiger partial charge in [-0.15, -0.1) is 0 Å². The van der Waals surface area contributed by atoms with Crippen molar-refractivity contribution in [3.8, 4) is 0 Å². The van der Waals surface area contributed by atoms with Crippen LogP contribution in [0.25, 0.3) is 0 Å². The number of hydrogen-bond acceptors (Lipinski definition) is 1. The lowest BCUT2D eigenvalue weighted by atomic mass is 9.96. The number of hydrogen-bond donors (Lipinski definition) is 0. The van der Waals surface area contributed by atoms with Gasteiger partial charge in [-0.1, -0.05) is 41.4 Å². The molecule has 0 saturated heterocycles. The SMILES string of the molecule is CCCC(Cc1cccc(Br)c1)C(=O)Cl. The van der Waals surface area contributed by atoms with Crippen molar-refractivity contribution in [2.24, 2.45) is 5.92 Å². The van der Waals surface area contributed by atoms with Crippen LogP contribution in [0.3, 0.4) is 0 Å². The molecule has 1 unspecified atom stereocenters. The highest BCUT2D eigenvalue weighted by atomic mass is 79.9. The quantitative estimate of drug-likeness (QED) is 0.743. The minimum atomic E-state index is -0.225. The van der Waals surface area contributed by atoms with E-state index in [1.807, 2.05) is 24.3 Å². The zero-order valence-electron chi connectivity index (χ0n) is 8.67. The van der Waals surface area contributed by atoms with E-state index in [0.29, 0.717) is 0 Å². The number of halogens is 2. The molecule has 0 aliphatic heterocycles. The second-order valence-electron chi connectivity index (χ2n) is 3.62. The molecule has 1 rings (SSSR count). The highest BCUT2D eigenvalue weighted by molar-refractivity contribution is 9.10. The summed E-state index contributed by atoms with van der Waals surface area (Å²) in [5.41, 5.74) is 1.15. The average molecular weight is 290 g/mol. The van der Waals surface area contributed by atoms with E-state index in [-0.39, 0.29) is 11.2 Å². The fourth-order valence-corrected chi connectivity index (χ4v) is 2.23. The van der Waals surface area contributed by atoms with Gasteiger partial charge in [-0.2, -0.15) is 0 Å². The molecule has 0 heterocycles. The summed E-state index contributed by atoms with van der Waals surface area (Å²) in [5, 5.41) is -0.225. The van der Waals surface area contributed by atoms with Crippen molar-refractivity contribution in [3.05, 3.63) is 34.3 Å². The van der Waals surface area contributed by atoms with Crippen molar-refractivity contribution in [2.45, 2.75) is 26.2 Å². The summed E-state index contributed by atoms with van der Waals surface area (Å²) in [7, 11) is 0. The maximum absolute atomic E-state index is 11.2. The molecule has 0 radical (unpaired) electrons. The molecule has 0 aliphatic rings. The van der Waals surface area contributed by atoms with Crippen LogP contribution in [0, 0.1) is 5.92 Å². The van der Waals surface area contributed by atoms with Gasteiger partial charge in [-0.25, -0.2) is 0 Å². The van der Waals surface area contributed by atoms with Crippen LogP contribution >= 0.6 is 27.5 Å². The Morgan fingerprint density at radius 1 is 1.53 bits per heavy atom. The maximum Gasteiger partial charge on any atom is 0.225 e. The molecule has 1 nitrogen and oxygen atoms in total. The molecule has 1 aromatic carbocycles. The Morgan fingerprint density at radius 2 is 2.27 bits per heavy atom. The highest BCUT2D eigenvalue weighted by Gasteiger charge is 2.15. The van der Waals surface area contributed by atoms with Crippen LogP contribution in [0.2, 0.25) is 0 Å². The zero-order chi connectivity index (χ0) is 11.3. The molecule has 0 saturated carbocycles. The fraction of sp³-hybridized carbons (Fsp3) is 0.417. The minimum absolute atomic E-state index is 0.0500. The third-order valence-corrected chi connectivity index (χ3v) is 3.13. The molecule has 0 bridgehead atoms. The van der Waals surface area contributed by atoms with E-state index in [1.165, 1.54) is 0 Å². The second-order valence-corrected chi connectivity index (χ2v) is 4.91. The standard InChI is InChI=1S/C12H14BrClO/c1-2-4-10(12(14)15)7-9-5-3-6-11(13)8-9/h3,5-6,8,10H,2,4,7H2,1H3. The van der Waals surface area contributed by atoms with Crippen molar-refractivity contribution in [2.75, 3.05) is 0 Å². The van der Waals surface area contributed by atoms with E-state index in [4.69, 9.17) is 11.6 Å². The first-order valence-electron chi connectivity index (χ1n) is 5.07. The topological polar surface area (TPSA) is 17.1 Å². The van der Waals surface area contributed by atoms with Crippen LogP contribution in [-0.4, -0.2) is 5.24 Å².